The van der Waals surface area contributed by atoms with E-state index >= 15 is 0 Å². The van der Waals surface area contributed by atoms with E-state index in [4.69, 9.17) is 9.47 Å². The van der Waals surface area contributed by atoms with Crippen LogP contribution in [0.3, 0.4) is 0 Å². The second-order valence-corrected chi connectivity index (χ2v) is 4.17. The van der Waals surface area contributed by atoms with Crippen molar-refractivity contribution in [2.24, 2.45) is 17.8 Å². The Balaban J connectivity index is 1.84. The average Bonchev–Trinajstić information content (AvgIpc) is 2.62. The first-order chi connectivity index (χ1) is 5.38. The number of hydrogen-bond acceptors (Lipinski definition) is 3. The summed E-state index contributed by atoms with van der Waals surface area (Å²) in [6.45, 7) is 0.722. The Morgan fingerprint density at radius 2 is 2.00 bits per heavy atom. The summed E-state index contributed by atoms with van der Waals surface area (Å²) in [5.41, 5.74) is 0. The van der Waals surface area contributed by atoms with Crippen molar-refractivity contribution >= 4 is 0 Å². The topological polar surface area (TPSA) is 38.7 Å². The molecule has 5 bridgehead atoms. The first-order valence-corrected chi connectivity index (χ1v) is 4.33. The van der Waals surface area contributed by atoms with Crippen molar-refractivity contribution in [3.8, 4) is 0 Å². The van der Waals surface area contributed by atoms with E-state index < -0.39 is 0 Å². The van der Waals surface area contributed by atoms with Crippen molar-refractivity contribution in [1.29, 1.82) is 0 Å². The molecule has 5 aliphatic rings. The maximum atomic E-state index is 9.64. The second-order valence-electron chi connectivity index (χ2n) is 4.17. The van der Waals surface area contributed by atoms with Crippen LogP contribution in [0.15, 0.2) is 0 Å². The molecule has 0 amide bonds. The largest absolute Gasteiger partial charge is 0.392 e. The lowest BCUT2D eigenvalue weighted by atomic mass is 9.68. The molecule has 0 aromatic rings. The van der Waals surface area contributed by atoms with Crippen LogP contribution in [0.1, 0.15) is 0 Å². The van der Waals surface area contributed by atoms with Crippen molar-refractivity contribution in [3.63, 3.8) is 0 Å². The maximum absolute atomic E-state index is 9.64. The Labute approximate surface area is 64.3 Å². The smallest absolute Gasteiger partial charge is 0.0903 e. The third-order valence-corrected chi connectivity index (χ3v) is 3.82. The molecule has 3 nitrogen and oxygen atoms in total. The second kappa shape index (κ2) is 1.37. The molecule has 11 heavy (non-hydrogen) atoms. The fourth-order valence-corrected chi connectivity index (χ4v) is 3.14. The monoisotopic (exact) mass is 154 g/mol. The molecule has 3 heterocycles. The number of aliphatic hydroxyl groups excluding tert-OH is 1. The van der Waals surface area contributed by atoms with Gasteiger partial charge in [-0.2, -0.15) is 0 Å². The Hall–Kier alpha value is -0.120. The van der Waals surface area contributed by atoms with Gasteiger partial charge in [0.2, 0.25) is 0 Å². The van der Waals surface area contributed by atoms with Crippen LogP contribution in [-0.4, -0.2) is 36.1 Å². The molecule has 0 spiro atoms. The van der Waals surface area contributed by atoms with Crippen LogP contribution in [0.25, 0.3) is 0 Å². The lowest BCUT2D eigenvalue weighted by Crippen LogP contribution is -2.55. The molecule has 5 fully saturated rings. The van der Waals surface area contributed by atoms with Crippen LogP contribution >= 0.6 is 0 Å². The van der Waals surface area contributed by atoms with Gasteiger partial charge in [-0.15, -0.1) is 0 Å². The third kappa shape index (κ3) is 0.406. The van der Waals surface area contributed by atoms with Crippen molar-refractivity contribution in [3.05, 3.63) is 0 Å². The normalized spacial score (nSPS) is 75.5. The third-order valence-electron chi connectivity index (χ3n) is 3.82. The van der Waals surface area contributed by atoms with Crippen molar-refractivity contribution in [2.75, 3.05) is 6.61 Å². The molecule has 7 atom stereocenters. The summed E-state index contributed by atoms with van der Waals surface area (Å²) in [5, 5.41) is 9.64. The molecular formula is C8H10O3. The minimum atomic E-state index is -0.123. The predicted molar refractivity (Wildman–Crippen MR) is 34.9 cm³/mol. The van der Waals surface area contributed by atoms with Gasteiger partial charge in [0.25, 0.3) is 0 Å². The van der Waals surface area contributed by atoms with Crippen LogP contribution in [-0.2, 0) is 9.47 Å². The van der Waals surface area contributed by atoms with Gasteiger partial charge in [0.05, 0.1) is 31.0 Å². The van der Waals surface area contributed by atoms with Gasteiger partial charge in [-0.05, 0) is 0 Å². The molecule has 2 saturated carbocycles. The number of hydrogen-bond donors (Lipinski definition) is 1. The lowest BCUT2D eigenvalue weighted by Gasteiger charge is -2.43. The van der Waals surface area contributed by atoms with Crippen LogP contribution in [0, 0.1) is 17.8 Å². The van der Waals surface area contributed by atoms with Gasteiger partial charge >= 0.3 is 0 Å². The fourth-order valence-electron chi connectivity index (χ4n) is 3.14. The summed E-state index contributed by atoms with van der Waals surface area (Å²) in [7, 11) is 0. The molecule has 2 aliphatic carbocycles. The van der Waals surface area contributed by atoms with Crippen LogP contribution < -0.4 is 0 Å². The summed E-state index contributed by atoms with van der Waals surface area (Å²) in [6, 6.07) is 0. The summed E-state index contributed by atoms with van der Waals surface area (Å²) in [5.74, 6) is 1.27. The quantitative estimate of drug-likeness (QED) is 0.506. The van der Waals surface area contributed by atoms with Gasteiger partial charge in [-0.25, -0.2) is 0 Å². The first-order valence-electron chi connectivity index (χ1n) is 4.33. The average molecular weight is 154 g/mol. The molecule has 3 heteroatoms. The highest BCUT2D eigenvalue weighted by atomic mass is 16.6. The zero-order valence-electron chi connectivity index (χ0n) is 6.01. The zero-order valence-corrected chi connectivity index (χ0v) is 6.01. The van der Waals surface area contributed by atoms with Crippen molar-refractivity contribution < 1.29 is 14.6 Å². The number of fused-ring (bicyclic) bond motifs is 1. The molecule has 5 rings (SSSR count). The molecule has 3 aliphatic heterocycles. The summed E-state index contributed by atoms with van der Waals surface area (Å²) >= 11 is 0. The van der Waals surface area contributed by atoms with Crippen LogP contribution in [0.4, 0.5) is 0 Å². The van der Waals surface area contributed by atoms with Gasteiger partial charge in [-0.1, -0.05) is 0 Å². The van der Waals surface area contributed by atoms with Gasteiger partial charge in [0.1, 0.15) is 0 Å². The molecular weight excluding hydrogens is 144 g/mol. The Bertz CT molecular complexity index is 223. The van der Waals surface area contributed by atoms with Gasteiger partial charge in [0, 0.05) is 17.8 Å². The van der Waals surface area contributed by atoms with Crippen molar-refractivity contribution in [2.45, 2.75) is 24.4 Å². The maximum Gasteiger partial charge on any atom is 0.0903 e. The number of rotatable bonds is 0. The van der Waals surface area contributed by atoms with E-state index in [2.05, 4.69) is 0 Å². The minimum absolute atomic E-state index is 0.123. The van der Waals surface area contributed by atoms with Crippen LogP contribution in [0.2, 0.25) is 0 Å². The van der Waals surface area contributed by atoms with E-state index in [0.717, 1.165) is 6.61 Å². The SMILES string of the molecule is OC1C2COC3C4OC2C1C34. The van der Waals surface area contributed by atoms with E-state index in [0.29, 0.717) is 36.1 Å². The predicted octanol–water partition coefficient (Wildman–Crippen LogP) is -0.611. The molecule has 0 aromatic carbocycles. The molecule has 0 radical (unpaired) electrons. The molecule has 60 valence electrons. The molecule has 0 aromatic heterocycles. The fraction of sp³-hybridized carbons (Fsp3) is 1.00. The van der Waals surface area contributed by atoms with Gasteiger partial charge in [0.15, 0.2) is 0 Å². The highest BCUT2D eigenvalue weighted by Crippen LogP contribution is 2.63. The zero-order chi connectivity index (χ0) is 7.16. The van der Waals surface area contributed by atoms with E-state index in [1.54, 1.807) is 0 Å². The first kappa shape index (κ1) is 5.51. The van der Waals surface area contributed by atoms with Crippen LogP contribution in [0.5, 0.6) is 0 Å². The molecule has 7 unspecified atom stereocenters. The van der Waals surface area contributed by atoms with E-state index in [1.165, 1.54) is 0 Å². The standard InChI is InChI=1S/C8H10O3/c9-5-2-1-10-7-4-3(5)6(2)11-8(4)7/h2-9H,1H2. The lowest BCUT2D eigenvalue weighted by molar-refractivity contribution is -0.140. The highest BCUT2D eigenvalue weighted by Gasteiger charge is 2.75. The van der Waals surface area contributed by atoms with Crippen molar-refractivity contribution in [1.82, 2.24) is 0 Å². The summed E-state index contributed by atoms with van der Waals surface area (Å²) < 4.78 is 11.3. The van der Waals surface area contributed by atoms with E-state index in [-0.39, 0.29) is 6.10 Å². The Morgan fingerprint density at radius 3 is 2.91 bits per heavy atom. The summed E-state index contributed by atoms with van der Waals surface area (Å²) in [4.78, 5) is 0. The molecule has 3 saturated heterocycles. The Kier molecular flexibility index (Phi) is 0.685. The molecule has 1 N–H and O–H groups in total. The number of aliphatic hydroxyl groups is 1. The number of ether oxygens (including phenoxy) is 2. The van der Waals surface area contributed by atoms with Gasteiger partial charge in [-0.3, -0.25) is 0 Å². The summed E-state index contributed by atoms with van der Waals surface area (Å²) in [6.07, 6.45) is 0.923. The van der Waals surface area contributed by atoms with Gasteiger partial charge < -0.3 is 14.6 Å². The van der Waals surface area contributed by atoms with E-state index in [9.17, 15) is 5.11 Å². The Morgan fingerprint density at radius 1 is 1.09 bits per heavy atom. The highest BCUT2D eigenvalue weighted by molar-refractivity contribution is 5.22. The minimum Gasteiger partial charge on any atom is -0.392 e. The van der Waals surface area contributed by atoms with E-state index in [1.807, 2.05) is 0 Å².